The highest BCUT2D eigenvalue weighted by atomic mass is 32.2. The molecule has 1 amide bonds. The van der Waals surface area contributed by atoms with Crippen LogP contribution in [0.15, 0.2) is 40.6 Å². The van der Waals surface area contributed by atoms with Gasteiger partial charge in [0.05, 0.1) is 12.1 Å². The molecule has 0 saturated carbocycles. The van der Waals surface area contributed by atoms with Crippen LogP contribution >= 0.6 is 23.1 Å². The molecule has 3 nitrogen and oxygen atoms in total. The number of thioether (sulfide) groups is 1. The summed E-state index contributed by atoms with van der Waals surface area (Å²) >= 11 is 3.40. The second-order valence-electron chi connectivity index (χ2n) is 4.38. The van der Waals surface area contributed by atoms with Gasteiger partial charge in [-0.2, -0.15) is 0 Å². The van der Waals surface area contributed by atoms with Gasteiger partial charge in [-0.25, -0.2) is 0 Å². The molecule has 3 rings (SSSR count). The zero-order valence-electron chi connectivity index (χ0n) is 10.3. The van der Waals surface area contributed by atoms with E-state index in [-0.39, 0.29) is 5.91 Å². The van der Waals surface area contributed by atoms with Crippen molar-refractivity contribution in [3.63, 3.8) is 0 Å². The van der Waals surface area contributed by atoms with Gasteiger partial charge in [-0.3, -0.25) is 4.79 Å². The molecule has 2 N–H and O–H groups in total. The van der Waals surface area contributed by atoms with Gasteiger partial charge in [0.2, 0.25) is 5.91 Å². The molecule has 1 aromatic heterocycles. The molecule has 19 heavy (non-hydrogen) atoms. The summed E-state index contributed by atoms with van der Waals surface area (Å²) in [5.41, 5.74) is 7.50. The molecule has 1 aromatic carbocycles. The first kappa shape index (κ1) is 12.6. The average Bonchev–Trinajstić information content (AvgIpc) is 2.90. The van der Waals surface area contributed by atoms with Crippen LogP contribution in [0.2, 0.25) is 0 Å². The Morgan fingerprint density at radius 1 is 1.37 bits per heavy atom. The van der Waals surface area contributed by atoms with E-state index in [0.29, 0.717) is 12.1 Å². The standard InChI is InChI=1S/C14H14N2OS2/c15-10-3-4-13-12(8-10)16(5-7-19-13)14(17)9-11-2-1-6-18-11/h1-4,6,8H,5,7,9,15H2. The number of hydrogen-bond donors (Lipinski definition) is 1. The Bertz CT molecular complexity index is 595. The Balaban J connectivity index is 1.86. The van der Waals surface area contributed by atoms with Crippen LogP contribution in [0.25, 0.3) is 0 Å². The van der Waals surface area contributed by atoms with Gasteiger partial charge in [-0.05, 0) is 29.6 Å². The van der Waals surface area contributed by atoms with E-state index in [2.05, 4.69) is 0 Å². The smallest absolute Gasteiger partial charge is 0.232 e. The zero-order valence-corrected chi connectivity index (χ0v) is 12.0. The maximum Gasteiger partial charge on any atom is 0.232 e. The lowest BCUT2D eigenvalue weighted by Crippen LogP contribution is -2.36. The van der Waals surface area contributed by atoms with E-state index in [9.17, 15) is 4.79 Å². The maximum atomic E-state index is 12.4. The van der Waals surface area contributed by atoms with Crippen LogP contribution in [0, 0.1) is 0 Å². The van der Waals surface area contributed by atoms with Crippen LogP contribution in [-0.4, -0.2) is 18.2 Å². The number of amides is 1. The number of benzene rings is 1. The lowest BCUT2D eigenvalue weighted by molar-refractivity contribution is -0.117. The number of fused-ring (bicyclic) bond motifs is 1. The number of carbonyl (C=O) groups excluding carboxylic acids is 1. The summed E-state index contributed by atoms with van der Waals surface area (Å²) in [6.45, 7) is 0.755. The highest BCUT2D eigenvalue weighted by Crippen LogP contribution is 2.36. The second kappa shape index (κ2) is 5.27. The monoisotopic (exact) mass is 290 g/mol. The first-order chi connectivity index (χ1) is 9.24. The van der Waals surface area contributed by atoms with Crippen molar-refractivity contribution in [2.75, 3.05) is 22.9 Å². The maximum absolute atomic E-state index is 12.4. The molecule has 0 fully saturated rings. The van der Waals surface area contributed by atoms with Gasteiger partial charge in [-0.15, -0.1) is 23.1 Å². The van der Waals surface area contributed by atoms with Crippen LogP contribution in [-0.2, 0) is 11.2 Å². The minimum atomic E-state index is 0.148. The number of rotatable bonds is 2. The SMILES string of the molecule is Nc1ccc2c(c1)N(C(=O)Cc1cccs1)CCS2. The molecule has 1 aliphatic heterocycles. The average molecular weight is 290 g/mol. The highest BCUT2D eigenvalue weighted by molar-refractivity contribution is 7.99. The fourth-order valence-corrected chi connectivity index (χ4v) is 3.82. The molecule has 5 heteroatoms. The van der Waals surface area contributed by atoms with Crippen molar-refractivity contribution in [1.82, 2.24) is 0 Å². The Kier molecular flexibility index (Phi) is 3.48. The van der Waals surface area contributed by atoms with Crippen LogP contribution in [0.1, 0.15) is 4.88 Å². The van der Waals surface area contributed by atoms with E-state index < -0.39 is 0 Å². The normalized spacial score (nSPS) is 14.2. The second-order valence-corrected chi connectivity index (χ2v) is 6.55. The lowest BCUT2D eigenvalue weighted by atomic mass is 10.2. The largest absolute Gasteiger partial charge is 0.399 e. The molecule has 0 radical (unpaired) electrons. The van der Waals surface area contributed by atoms with Crippen molar-refractivity contribution in [3.05, 3.63) is 40.6 Å². The van der Waals surface area contributed by atoms with Gasteiger partial charge in [-0.1, -0.05) is 6.07 Å². The summed E-state index contributed by atoms with van der Waals surface area (Å²) in [5.74, 6) is 1.09. The fourth-order valence-electron chi connectivity index (χ4n) is 2.15. The van der Waals surface area contributed by atoms with Crippen LogP contribution in [0.3, 0.4) is 0 Å². The van der Waals surface area contributed by atoms with E-state index in [1.54, 1.807) is 23.1 Å². The summed E-state index contributed by atoms with van der Waals surface area (Å²) in [5, 5.41) is 2.00. The quantitative estimate of drug-likeness (QED) is 0.865. The number of nitrogens with zero attached hydrogens (tertiary/aromatic N) is 1. The Morgan fingerprint density at radius 2 is 2.26 bits per heavy atom. The van der Waals surface area contributed by atoms with Gasteiger partial charge in [0.15, 0.2) is 0 Å². The van der Waals surface area contributed by atoms with Crippen molar-refractivity contribution >= 4 is 40.4 Å². The van der Waals surface area contributed by atoms with Crippen LogP contribution in [0.4, 0.5) is 11.4 Å². The molecular weight excluding hydrogens is 276 g/mol. The molecule has 0 spiro atoms. The van der Waals surface area contributed by atoms with Crippen molar-refractivity contribution < 1.29 is 4.79 Å². The molecule has 0 unspecified atom stereocenters. The minimum Gasteiger partial charge on any atom is -0.399 e. The van der Waals surface area contributed by atoms with Crippen LogP contribution in [0.5, 0.6) is 0 Å². The molecular formula is C14H14N2OS2. The first-order valence-electron chi connectivity index (χ1n) is 6.09. The highest BCUT2D eigenvalue weighted by Gasteiger charge is 2.23. The van der Waals surface area contributed by atoms with Gasteiger partial charge in [0.25, 0.3) is 0 Å². The molecule has 0 bridgehead atoms. The van der Waals surface area contributed by atoms with E-state index in [0.717, 1.165) is 27.8 Å². The van der Waals surface area contributed by atoms with Gasteiger partial charge >= 0.3 is 0 Å². The van der Waals surface area contributed by atoms with Crippen molar-refractivity contribution in [3.8, 4) is 0 Å². The molecule has 1 aliphatic rings. The third-order valence-electron chi connectivity index (χ3n) is 3.05. The fraction of sp³-hybridized carbons (Fsp3) is 0.214. The summed E-state index contributed by atoms with van der Waals surface area (Å²) in [7, 11) is 0. The zero-order chi connectivity index (χ0) is 13.2. The molecule has 2 heterocycles. The number of nitrogen functional groups attached to an aromatic ring is 1. The summed E-state index contributed by atoms with van der Waals surface area (Å²) < 4.78 is 0. The third-order valence-corrected chi connectivity index (χ3v) is 4.97. The summed E-state index contributed by atoms with van der Waals surface area (Å²) in [6.07, 6.45) is 0.469. The van der Waals surface area contributed by atoms with E-state index in [1.807, 2.05) is 40.6 Å². The number of hydrogen-bond acceptors (Lipinski definition) is 4. The molecule has 0 aliphatic carbocycles. The summed E-state index contributed by atoms with van der Waals surface area (Å²) in [6, 6.07) is 9.76. The molecule has 0 saturated heterocycles. The minimum absolute atomic E-state index is 0.148. The van der Waals surface area contributed by atoms with Crippen molar-refractivity contribution in [2.24, 2.45) is 0 Å². The number of anilines is 2. The molecule has 2 aromatic rings. The van der Waals surface area contributed by atoms with Crippen molar-refractivity contribution in [2.45, 2.75) is 11.3 Å². The van der Waals surface area contributed by atoms with Gasteiger partial charge < -0.3 is 10.6 Å². The van der Waals surface area contributed by atoms with E-state index in [4.69, 9.17) is 5.73 Å². The van der Waals surface area contributed by atoms with Gasteiger partial charge in [0.1, 0.15) is 0 Å². The van der Waals surface area contributed by atoms with Gasteiger partial charge in [0, 0.05) is 27.8 Å². The number of thiophene rings is 1. The third kappa shape index (κ3) is 2.62. The predicted octanol–water partition coefficient (Wildman–Crippen LogP) is 3.01. The topological polar surface area (TPSA) is 46.3 Å². The molecule has 0 atom stereocenters. The first-order valence-corrected chi connectivity index (χ1v) is 7.95. The van der Waals surface area contributed by atoms with E-state index in [1.165, 1.54) is 0 Å². The number of nitrogens with two attached hydrogens (primary N) is 1. The predicted molar refractivity (Wildman–Crippen MR) is 82.0 cm³/mol. The van der Waals surface area contributed by atoms with Crippen LogP contribution < -0.4 is 10.6 Å². The lowest BCUT2D eigenvalue weighted by Gasteiger charge is -2.29. The Hall–Kier alpha value is -1.46. The Morgan fingerprint density at radius 3 is 3.05 bits per heavy atom. The van der Waals surface area contributed by atoms with E-state index >= 15 is 0 Å². The van der Waals surface area contributed by atoms with Crippen molar-refractivity contribution in [1.29, 1.82) is 0 Å². The summed E-state index contributed by atoms with van der Waals surface area (Å²) in [4.78, 5) is 16.5. The number of carbonyl (C=O) groups is 1. The Labute approximate surface area is 120 Å². The molecule has 98 valence electrons.